The van der Waals surface area contributed by atoms with Crippen molar-refractivity contribution in [3.8, 4) is 12.3 Å². The number of nitrogens with one attached hydrogen (secondary N) is 2. The van der Waals surface area contributed by atoms with E-state index < -0.39 is 5.54 Å². The van der Waals surface area contributed by atoms with Crippen molar-refractivity contribution in [3.63, 3.8) is 0 Å². The van der Waals surface area contributed by atoms with Crippen molar-refractivity contribution in [1.29, 1.82) is 0 Å². The molecule has 2 saturated heterocycles. The van der Waals surface area contributed by atoms with Crippen molar-refractivity contribution < 1.29 is 19.1 Å². The molecule has 1 aromatic carbocycles. The van der Waals surface area contributed by atoms with Gasteiger partial charge in [-0.2, -0.15) is 11.8 Å². The SMILES string of the molecule is C#Cc1ccc(C(=O)N[C@]2(C(=O)Nc3ccc(N4CCOCC4=O)cc3)CCSC2)s1. The van der Waals surface area contributed by atoms with Gasteiger partial charge < -0.3 is 20.3 Å². The Morgan fingerprint density at radius 2 is 2.00 bits per heavy atom. The topological polar surface area (TPSA) is 87.7 Å². The van der Waals surface area contributed by atoms with Crippen LogP contribution in [0.1, 0.15) is 21.0 Å². The highest BCUT2D eigenvalue weighted by atomic mass is 32.2. The maximum atomic E-state index is 13.2. The summed E-state index contributed by atoms with van der Waals surface area (Å²) in [4.78, 5) is 40.7. The number of hydrogen-bond donors (Lipinski definition) is 2. The van der Waals surface area contributed by atoms with E-state index in [4.69, 9.17) is 11.2 Å². The molecule has 160 valence electrons. The van der Waals surface area contributed by atoms with E-state index in [1.54, 1.807) is 53.1 Å². The summed E-state index contributed by atoms with van der Waals surface area (Å²) in [5.74, 6) is 3.15. The molecule has 7 nitrogen and oxygen atoms in total. The van der Waals surface area contributed by atoms with Crippen molar-refractivity contribution in [1.82, 2.24) is 5.32 Å². The summed E-state index contributed by atoms with van der Waals surface area (Å²) in [5.41, 5.74) is 0.374. The van der Waals surface area contributed by atoms with E-state index in [-0.39, 0.29) is 24.3 Å². The van der Waals surface area contributed by atoms with Crippen LogP contribution in [0.4, 0.5) is 11.4 Å². The number of ether oxygens (including phenoxy) is 1. The van der Waals surface area contributed by atoms with E-state index in [1.807, 2.05) is 0 Å². The number of anilines is 2. The quantitative estimate of drug-likeness (QED) is 0.676. The summed E-state index contributed by atoms with van der Waals surface area (Å²) in [6.07, 6.45) is 5.93. The molecule has 2 N–H and O–H groups in total. The first kappa shape index (κ1) is 21.4. The maximum Gasteiger partial charge on any atom is 0.262 e. The highest BCUT2D eigenvalue weighted by molar-refractivity contribution is 7.99. The lowest BCUT2D eigenvalue weighted by atomic mass is 9.97. The molecule has 4 rings (SSSR count). The second-order valence-electron chi connectivity index (χ2n) is 7.25. The molecule has 2 aromatic rings. The van der Waals surface area contributed by atoms with Gasteiger partial charge in [-0.25, -0.2) is 0 Å². The van der Waals surface area contributed by atoms with E-state index in [0.29, 0.717) is 40.8 Å². The normalized spacial score (nSPS) is 20.9. The lowest BCUT2D eigenvalue weighted by molar-refractivity contribution is -0.125. The zero-order valence-corrected chi connectivity index (χ0v) is 18.3. The van der Waals surface area contributed by atoms with Gasteiger partial charge in [0.1, 0.15) is 12.1 Å². The first-order chi connectivity index (χ1) is 15.0. The number of terminal acetylenes is 1. The Morgan fingerprint density at radius 1 is 1.19 bits per heavy atom. The zero-order valence-electron chi connectivity index (χ0n) is 16.7. The van der Waals surface area contributed by atoms with Crippen LogP contribution in [0, 0.1) is 12.3 Å². The zero-order chi connectivity index (χ0) is 21.8. The summed E-state index contributed by atoms with van der Waals surface area (Å²) < 4.78 is 5.16. The Balaban J connectivity index is 1.45. The monoisotopic (exact) mass is 455 g/mol. The van der Waals surface area contributed by atoms with Gasteiger partial charge in [0.05, 0.1) is 16.4 Å². The summed E-state index contributed by atoms with van der Waals surface area (Å²) >= 11 is 2.85. The van der Waals surface area contributed by atoms with Gasteiger partial charge >= 0.3 is 0 Å². The Hall–Kier alpha value is -2.80. The molecule has 0 spiro atoms. The molecule has 3 heterocycles. The number of hydrogen-bond acceptors (Lipinski definition) is 6. The number of nitrogens with zero attached hydrogens (tertiary/aromatic N) is 1. The molecule has 0 radical (unpaired) electrons. The van der Waals surface area contributed by atoms with Crippen molar-refractivity contribution >= 4 is 52.2 Å². The van der Waals surface area contributed by atoms with Crippen LogP contribution in [0.15, 0.2) is 36.4 Å². The van der Waals surface area contributed by atoms with Gasteiger partial charge in [-0.3, -0.25) is 14.4 Å². The van der Waals surface area contributed by atoms with Crippen LogP contribution in [0.25, 0.3) is 0 Å². The van der Waals surface area contributed by atoms with E-state index in [0.717, 1.165) is 11.4 Å². The molecule has 0 bridgehead atoms. The van der Waals surface area contributed by atoms with Crippen LogP contribution in [0.3, 0.4) is 0 Å². The van der Waals surface area contributed by atoms with E-state index in [9.17, 15) is 14.4 Å². The lowest BCUT2D eigenvalue weighted by Gasteiger charge is -2.29. The number of thiophene rings is 1. The highest BCUT2D eigenvalue weighted by Crippen LogP contribution is 2.31. The molecular weight excluding hydrogens is 434 g/mol. The van der Waals surface area contributed by atoms with Gasteiger partial charge in [-0.05, 0) is 48.6 Å². The summed E-state index contributed by atoms with van der Waals surface area (Å²) in [5, 5.41) is 5.85. The lowest BCUT2D eigenvalue weighted by Crippen LogP contribution is -2.57. The Labute approximate surface area is 188 Å². The first-order valence-electron chi connectivity index (χ1n) is 9.77. The molecule has 2 fully saturated rings. The van der Waals surface area contributed by atoms with Gasteiger partial charge in [0, 0.05) is 23.7 Å². The van der Waals surface area contributed by atoms with Crippen molar-refractivity contribution in [2.75, 3.05) is 41.5 Å². The Morgan fingerprint density at radius 3 is 2.65 bits per heavy atom. The molecule has 31 heavy (non-hydrogen) atoms. The van der Waals surface area contributed by atoms with Gasteiger partial charge in [0.25, 0.3) is 17.7 Å². The third kappa shape index (κ3) is 4.61. The minimum atomic E-state index is -0.985. The first-order valence-corrected chi connectivity index (χ1v) is 11.7. The number of carbonyl (C=O) groups excluding carboxylic acids is 3. The fourth-order valence-corrected chi connectivity index (χ4v) is 5.53. The molecule has 2 aliphatic rings. The summed E-state index contributed by atoms with van der Waals surface area (Å²) in [6.45, 7) is 1.07. The highest BCUT2D eigenvalue weighted by Gasteiger charge is 2.43. The molecule has 2 aliphatic heterocycles. The largest absolute Gasteiger partial charge is 0.370 e. The molecule has 0 saturated carbocycles. The molecular formula is C22H21N3O4S2. The second-order valence-corrected chi connectivity index (χ2v) is 9.43. The Bertz CT molecular complexity index is 1040. The number of rotatable bonds is 5. The van der Waals surface area contributed by atoms with Gasteiger partial charge in [0.15, 0.2) is 0 Å². The van der Waals surface area contributed by atoms with E-state index in [2.05, 4.69) is 16.6 Å². The predicted octanol–water partition coefficient (Wildman–Crippen LogP) is 2.34. The third-order valence-corrected chi connectivity index (χ3v) is 7.41. The van der Waals surface area contributed by atoms with Crippen LogP contribution in [-0.4, -0.2) is 54.5 Å². The second kappa shape index (κ2) is 9.14. The smallest absolute Gasteiger partial charge is 0.262 e. The summed E-state index contributed by atoms with van der Waals surface area (Å²) in [7, 11) is 0. The molecule has 3 amide bonds. The minimum Gasteiger partial charge on any atom is -0.370 e. The fraction of sp³-hybridized carbons (Fsp3) is 0.318. The van der Waals surface area contributed by atoms with Crippen molar-refractivity contribution in [2.45, 2.75) is 12.0 Å². The average molecular weight is 456 g/mol. The van der Waals surface area contributed by atoms with E-state index >= 15 is 0 Å². The number of morpholine rings is 1. The van der Waals surface area contributed by atoms with Crippen LogP contribution in [-0.2, 0) is 14.3 Å². The summed E-state index contributed by atoms with van der Waals surface area (Å²) in [6, 6.07) is 10.5. The van der Waals surface area contributed by atoms with Crippen molar-refractivity contribution in [2.24, 2.45) is 0 Å². The van der Waals surface area contributed by atoms with E-state index in [1.165, 1.54) is 11.3 Å². The number of benzene rings is 1. The van der Waals surface area contributed by atoms with Crippen LogP contribution in [0.2, 0.25) is 0 Å². The average Bonchev–Trinajstić information content (AvgIpc) is 3.45. The van der Waals surface area contributed by atoms with Gasteiger partial charge in [-0.1, -0.05) is 5.92 Å². The van der Waals surface area contributed by atoms with Crippen LogP contribution in [0.5, 0.6) is 0 Å². The molecule has 1 aromatic heterocycles. The van der Waals surface area contributed by atoms with Crippen LogP contribution >= 0.6 is 23.1 Å². The third-order valence-electron chi connectivity index (χ3n) is 5.20. The predicted molar refractivity (Wildman–Crippen MR) is 123 cm³/mol. The number of carbonyl (C=O) groups is 3. The molecule has 0 aliphatic carbocycles. The maximum absolute atomic E-state index is 13.2. The number of thioether (sulfide) groups is 1. The Kier molecular flexibility index (Phi) is 6.32. The number of amides is 3. The van der Waals surface area contributed by atoms with Gasteiger partial charge in [0.2, 0.25) is 0 Å². The molecule has 1 atom stereocenters. The van der Waals surface area contributed by atoms with Crippen molar-refractivity contribution in [3.05, 3.63) is 46.2 Å². The molecule has 0 unspecified atom stereocenters. The van der Waals surface area contributed by atoms with Crippen LogP contribution < -0.4 is 15.5 Å². The molecule has 9 heteroatoms. The van der Waals surface area contributed by atoms with Gasteiger partial charge in [-0.15, -0.1) is 17.8 Å². The standard InChI is InChI=1S/C22H21N3O4S2/c1-2-17-7-8-18(31-17)20(27)24-22(9-12-30-14-22)21(28)23-15-3-5-16(6-4-15)25-10-11-29-13-19(25)26/h1,3-8H,9-14H2,(H,23,28)(H,24,27)/t22-/m1/s1. The fourth-order valence-electron chi connectivity index (χ4n) is 3.48. The minimum absolute atomic E-state index is 0.0748.